The lowest BCUT2D eigenvalue weighted by molar-refractivity contribution is -0.383. The third kappa shape index (κ3) is 3.28. The zero-order valence-corrected chi connectivity index (χ0v) is 14.0. The minimum atomic E-state index is -3.99. The molecule has 1 aromatic carbocycles. The number of hydrogen-bond donors (Lipinski definition) is 2. The van der Waals surface area contributed by atoms with Gasteiger partial charge in [0.1, 0.15) is 4.21 Å². The van der Waals surface area contributed by atoms with E-state index in [2.05, 4.69) is 20.7 Å². The molecule has 11 heteroatoms. The first-order valence-electron chi connectivity index (χ1n) is 5.23. The van der Waals surface area contributed by atoms with Crippen LogP contribution in [0.1, 0.15) is 0 Å². The summed E-state index contributed by atoms with van der Waals surface area (Å²) in [5.74, 6) is 0. The molecule has 0 aliphatic carbocycles. The van der Waals surface area contributed by atoms with Gasteiger partial charge in [-0.25, -0.2) is 8.42 Å². The van der Waals surface area contributed by atoms with Crippen LogP contribution in [0.2, 0.25) is 5.02 Å². The Morgan fingerprint density at radius 3 is 2.67 bits per heavy atom. The van der Waals surface area contributed by atoms with Crippen LogP contribution in [0.15, 0.2) is 32.9 Å². The van der Waals surface area contributed by atoms with E-state index in [4.69, 9.17) is 17.3 Å². The minimum absolute atomic E-state index is 0.175. The summed E-state index contributed by atoms with van der Waals surface area (Å²) >= 11 is 9.65. The molecule has 0 fully saturated rings. The predicted molar refractivity (Wildman–Crippen MR) is 85.3 cm³/mol. The highest BCUT2D eigenvalue weighted by Gasteiger charge is 2.25. The van der Waals surface area contributed by atoms with E-state index in [1.54, 1.807) is 12.1 Å². The summed E-state index contributed by atoms with van der Waals surface area (Å²) in [6.45, 7) is 0. The standard InChI is InChI=1S/C10H7BrClN3O4S2/c11-9-5(12)2-1-3-6(9)14-21(18,19)8-4-7(15(16)17)10(13)20-8/h1-4,14H,13H2. The summed E-state index contributed by atoms with van der Waals surface area (Å²) in [4.78, 5) is 9.98. The van der Waals surface area contributed by atoms with Crippen molar-refractivity contribution in [1.82, 2.24) is 0 Å². The van der Waals surface area contributed by atoms with Gasteiger partial charge in [-0.1, -0.05) is 29.0 Å². The number of nitrogen functional groups attached to an aromatic ring is 1. The minimum Gasteiger partial charge on any atom is -0.385 e. The highest BCUT2D eigenvalue weighted by molar-refractivity contribution is 9.10. The summed E-state index contributed by atoms with van der Waals surface area (Å²) in [7, 11) is -3.99. The second kappa shape index (κ2) is 5.79. The van der Waals surface area contributed by atoms with E-state index in [-0.39, 0.29) is 14.9 Å². The van der Waals surface area contributed by atoms with Crippen LogP contribution in [-0.2, 0) is 10.0 Å². The molecule has 0 spiro atoms. The molecule has 0 saturated heterocycles. The number of nitro groups is 1. The smallest absolute Gasteiger partial charge is 0.304 e. The average molecular weight is 413 g/mol. The Bertz CT molecular complexity index is 822. The van der Waals surface area contributed by atoms with Crippen molar-refractivity contribution in [3.8, 4) is 0 Å². The lowest BCUT2D eigenvalue weighted by Crippen LogP contribution is -2.11. The van der Waals surface area contributed by atoms with Gasteiger partial charge >= 0.3 is 5.69 Å². The van der Waals surface area contributed by atoms with Gasteiger partial charge in [-0.2, -0.15) is 0 Å². The molecule has 0 saturated carbocycles. The third-order valence-electron chi connectivity index (χ3n) is 2.38. The summed E-state index contributed by atoms with van der Waals surface area (Å²) in [5, 5.41) is 10.9. The van der Waals surface area contributed by atoms with Crippen LogP contribution in [0.4, 0.5) is 16.4 Å². The monoisotopic (exact) mass is 411 g/mol. The molecule has 3 N–H and O–H groups in total. The van der Waals surface area contributed by atoms with Crippen LogP contribution < -0.4 is 10.5 Å². The number of nitrogens with zero attached hydrogens (tertiary/aromatic N) is 1. The first-order chi connectivity index (χ1) is 9.72. The molecule has 0 bridgehead atoms. The van der Waals surface area contributed by atoms with Crippen molar-refractivity contribution in [3.05, 3.63) is 43.9 Å². The molecule has 0 amide bonds. The second-order valence-corrected chi connectivity index (χ2v) is 7.97. The van der Waals surface area contributed by atoms with Gasteiger partial charge in [-0.15, -0.1) is 0 Å². The Balaban J connectivity index is 2.41. The van der Waals surface area contributed by atoms with Crippen molar-refractivity contribution in [1.29, 1.82) is 0 Å². The third-order valence-corrected chi connectivity index (χ3v) is 6.57. The van der Waals surface area contributed by atoms with E-state index >= 15 is 0 Å². The first kappa shape index (κ1) is 16.0. The molecule has 0 atom stereocenters. The summed E-state index contributed by atoms with van der Waals surface area (Å²) in [6, 6.07) is 5.56. The Morgan fingerprint density at radius 1 is 1.43 bits per heavy atom. The maximum Gasteiger partial charge on any atom is 0.304 e. The molecule has 7 nitrogen and oxygen atoms in total. The SMILES string of the molecule is Nc1sc(S(=O)(=O)Nc2cccc(Cl)c2Br)cc1[N+](=O)[O-]. The number of thiophene rings is 1. The Hall–Kier alpha value is -1.36. The topological polar surface area (TPSA) is 115 Å². The normalized spacial score (nSPS) is 11.3. The van der Waals surface area contributed by atoms with Crippen LogP contribution in [0.3, 0.4) is 0 Å². The molecule has 0 unspecified atom stereocenters. The van der Waals surface area contributed by atoms with E-state index in [0.29, 0.717) is 20.8 Å². The van der Waals surface area contributed by atoms with E-state index < -0.39 is 20.6 Å². The second-order valence-electron chi connectivity index (χ2n) is 3.78. The number of rotatable bonds is 4. The van der Waals surface area contributed by atoms with Crippen molar-refractivity contribution in [2.45, 2.75) is 4.21 Å². The molecule has 0 aliphatic rings. The zero-order chi connectivity index (χ0) is 15.8. The summed E-state index contributed by atoms with van der Waals surface area (Å²) in [6.07, 6.45) is 0. The fourth-order valence-electron chi connectivity index (χ4n) is 1.43. The fraction of sp³-hybridized carbons (Fsp3) is 0. The number of anilines is 2. The van der Waals surface area contributed by atoms with Crippen LogP contribution in [0, 0.1) is 10.1 Å². The number of nitrogens with one attached hydrogen (secondary N) is 1. The van der Waals surface area contributed by atoms with Crippen molar-refractivity contribution >= 4 is 65.3 Å². The largest absolute Gasteiger partial charge is 0.385 e. The van der Waals surface area contributed by atoms with Gasteiger partial charge in [0.2, 0.25) is 0 Å². The van der Waals surface area contributed by atoms with Gasteiger partial charge in [0.05, 0.1) is 20.1 Å². The van der Waals surface area contributed by atoms with Crippen molar-refractivity contribution < 1.29 is 13.3 Å². The average Bonchev–Trinajstić information content (AvgIpc) is 2.78. The molecular formula is C10H7BrClN3O4S2. The van der Waals surface area contributed by atoms with Crippen molar-refractivity contribution in [2.24, 2.45) is 0 Å². The number of halogens is 2. The van der Waals surface area contributed by atoms with E-state index in [9.17, 15) is 18.5 Å². The molecule has 112 valence electrons. The summed E-state index contributed by atoms with van der Waals surface area (Å²) < 4.78 is 26.8. The molecule has 2 aromatic rings. The lowest BCUT2D eigenvalue weighted by Gasteiger charge is -2.08. The number of hydrogen-bond acceptors (Lipinski definition) is 6. The van der Waals surface area contributed by atoms with Crippen molar-refractivity contribution in [3.63, 3.8) is 0 Å². The quantitative estimate of drug-likeness (QED) is 0.589. The van der Waals surface area contributed by atoms with Gasteiger partial charge in [0, 0.05) is 6.07 Å². The molecule has 0 aliphatic heterocycles. The van der Waals surface area contributed by atoms with Gasteiger partial charge in [0.25, 0.3) is 10.0 Å². The molecule has 21 heavy (non-hydrogen) atoms. The van der Waals surface area contributed by atoms with E-state index in [1.165, 1.54) is 6.07 Å². The maximum atomic E-state index is 12.2. The summed E-state index contributed by atoms with van der Waals surface area (Å²) in [5.41, 5.74) is 5.22. The Morgan fingerprint density at radius 2 is 2.10 bits per heavy atom. The first-order valence-corrected chi connectivity index (χ1v) is 8.70. The van der Waals surface area contributed by atoms with Gasteiger partial charge in [0.15, 0.2) is 5.00 Å². The number of nitrogens with two attached hydrogens (primary N) is 1. The highest BCUT2D eigenvalue weighted by atomic mass is 79.9. The molecule has 2 rings (SSSR count). The molecule has 0 radical (unpaired) electrons. The van der Waals surface area contributed by atoms with Gasteiger partial charge < -0.3 is 5.73 Å². The maximum absolute atomic E-state index is 12.2. The highest BCUT2D eigenvalue weighted by Crippen LogP contribution is 2.37. The number of benzene rings is 1. The molecule has 1 aromatic heterocycles. The van der Waals surface area contributed by atoms with E-state index in [1.807, 2.05) is 0 Å². The molecular weight excluding hydrogens is 406 g/mol. The van der Waals surface area contributed by atoms with Crippen LogP contribution in [-0.4, -0.2) is 13.3 Å². The number of sulfonamides is 1. The molecule has 1 heterocycles. The van der Waals surface area contributed by atoms with Gasteiger partial charge in [-0.05, 0) is 28.1 Å². The van der Waals surface area contributed by atoms with Crippen molar-refractivity contribution in [2.75, 3.05) is 10.5 Å². The van der Waals surface area contributed by atoms with Gasteiger partial charge in [-0.3, -0.25) is 14.8 Å². The lowest BCUT2D eigenvalue weighted by atomic mass is 10.3. The van der Waals surface area contributed by atoms with Crippen LogP contribution >= 0.6 is 38.9 Å². The Kier molecular flexibility index (Phi) is 4.42. The van der Waals surface area contributed by atoms with E-state index in [0.717, 1.165) is 6.07 Å². The fourth-order valence-corrected chi connectivity index (χ4v) is 4.38. The van der Waals surface area contributed by atoms with Crippen LogP contribution in [0.25, 0.3) is 0 Å². The Labute approximate surface area is 137 Å². The van der Waals surface area contributed by atoms with Crippen LogP contribution in [0.5, 0.6) is 0 Å². The predicted octanol–water partition coefficient (Wildman–Crippen LogP) is 3.46. The zero-order valence-electron chi connectivity index (χ0n) is 10.0.